The highest BCUT2D eigenvalue weighted by Gasteiger charge is 2.25. The Labute approximate surface area is 219 Å². The largest absolute Gasteiger partial charge is 0.463 e. The molecular formula is C26H22BrFN6O3. The minimum Gasteiger partial charge on any atom is -0.463 e. The van der Waals surface area contributed by atoms with E-state index in [-0.39, 0.29) is 18.8 Å². The Kier molecular flexibility index (Phi) is 6.07. The van der Waals surface area contributed by atoms with Crippen LogP contribution in [0.1, 0.15) is 58.1 Å². The molecule has 0 atom stereocenters. The Bertz CT molecular complexity index is 1650. The van der Waals surface area contributed by atoms with Crippen molar-refractivity contribution < 1.29 is 18.7 Å². The van der Waals surface area contributed by atoms with Crippen LogP contribution in [0.3, 0.4) is 0 Å². The average molecular weight is 565 g/mol. The second-order valence-electron chi connectivity index (χ2n) is 9.22. The van der Waals surface area contributed by atoms with E-state index in [2.05, 4.69) is 38.3 Å². The number of aromatic nitrogens is 6. The average Bonchev–Trinajstić information content (AvgIpc) is 3.30. The summed E-state index contributed by atoms with van der Waals surface area (Å²) in [6.07, 6.45) is 13.3. The molecule has 1 fully saturated rings. The lowest BCUT2D eigenvalue weighted by molar-refractivity contribution is -0.129. The second kappa shape index (κ2) is 9.55. The summed E-state index contributed by atoms with van der Waals surface area (Å²) in [6.45, 7) is 0.987. The molecule has 11 heteroatoms. The van der Waals surface area contributed by atoms with Gasteiger partial charge in [-0.25, -0.2) is 14.4 Å². The van der Waals surface area contributed by atoms with E-state index in [4.69, 9.17) is 9.72 Å². The number of fused-ring (bicyclic) bond motifs is 2. The zero-order chi connectivity index (χ0) is 25.5. The summed E-state index contributed by atoms with van der Waals surface area (Å²) in [5, 5.41) is 4.34. The normalized spacial score (nSPS) is 13.5. The van der Waals surface area contributed by atoms with Crippen LogP contribution in [-0.4, -0.2) is 40.8 Å². The molecule has 0 bridgehead atoms. The van der Waals surface area contributed by atoms with Gasteiger partial charge in [0.05, 0.1) is 40.5 Å². The molecule has 5 aromatic rings. The number of ketones is 1. The third-order valence-corrected chi connectivity index (χ3v) is 7.20. The number of carbonyl (C=O) groups excluding carboxylic acids is 2. The van der Waals surface area contributed by atoms with E-state index in [0.29, 0.717) is 46.6 Å². The molecule has 0 unspecified atom stereocenters. The minimum atomic E-state index is -0.396. The molecule has 0 N–H and O–H groups in total. The number of ether oxygens (including phenoxy) is 1. The number of nitrogens with zero attached hydrogens (tertiary/aromatic N) is 6. The number of hydrogen-bond acceptors (Lipinski definition) is 6. The van der Waals surface area contributed by atoms with Crippen LogP contribution in [0.15, 0.2) is 53.9 Å². The van der Waals surface area contributed by atoms with Gasteiger partial charge in [-0.2, -0.15) is 5.10 Å². The van der Waals surface area contributed by atoms with Crippen molar-refractivity contribution in [2.45, 2.75) is 44.8 Å². The van der Waals surface area contributed by atoms with Gasteiger partial charge in [-0.05, 0) is 58.8 Å². The topological polar surface area (TPSA) is 95.8 Å². The van der Waals surface area contributed by atoms with Crippen LogP contribution in [0.4, 0.5) is 4.39 Å². The van der Waals surface area contributed by atoms with E-state index in [1.54, 1.807) is 33.9 Å². The molecule has 0 spiro atoms. The van der Waals surface area contributed by atoms with Crippen molar-refractivity contribution >= 4 is 39.3 Å². The van der Waals surface area contributed by atoms with Crippen LogP contribution >= 0.6 is 15.9 Å². The first-order chi connectivity index (χ1) is 18.0. The number of imidazole rings is 2. The number of pyridine rings is 2. The summed E-state index contributed by atoms with van der Waals surface area (Å²) in [5.41, 5.74) is 4.95. The van der Waals surface area contributed by atoms with Crippen molar-refractivity contribution in [2.24, 2.45) is 0 Å². The van der Waals surface area contributed by atoms with Gasteiger partial charge < -0.3 is 13.5 Å². The van der Waals surface area contributed by atoms with E-state index >= 15 is 0 Å². The summed E-state index contributed by atoms with van der Waals surface area (Å²) in [6, 6.07) is 3.67. The van der Waals surface area contributed by atoms with Gasteiger partial charge in [0.25, 0.3) is 6.47 Å². The first-order valence-electron chi connectivity index (χ1n) is 11.9. The van der Waals surface area contributed by atoms with E-state index in [1.807, 2.05) is 10.6 Å². The number of carbonyl (C=O) groups is 2. The molecule has 9 nitrogen and oxygen atoms in total. The van der Waals surface area contributed by atoms with Gasteiger partial charge in [0, 0.05) is 36.8 Å². The Morgan fingerprint density at radius 1 is 1.24 bits per heavy atom. The molecule has 6 rings (SSSR count). The molecular weight excluding hydrogens is 543 g/mol. The predicted molar refractivity (Wildman–Crippen MR) is 135 cm³/mol. The Morgan fingerprint density at radius 2 is 2.11 bits per heavy atom. The van der Waals surface area contributed by atoms with Gasteiger partial charge in [0.1, 0.15) is 17.8 Å². The smallest absolute Gasteiger partial charge is 0.293 e. The van der Waals surface area contributed by atoms with Gasteiger partial charge in [0.15, 0.2) is 11.6 Å². The molecule has 0 amide bonds. The third kappa shape index (κ3) is 4.66. The number of aryl methyl sites for hydroxylation is 1. The number of rotatable bonds is 10. The lowest BCUT2D eigenvalue weighted by Crippen LogP contribution is -2.03. The monoisotopic (exact) mass is 564 g/mol. The van der Waals surface area contributed by atoms with E-state index in [9.17, 15) is 14.0 Å². The quantitative estimate of drug-likeness (QED) is 0.183. The van der Waals surface area contributed by atoms with Crippen LogP contribution in [0.5, 0.6) is 0 Å². The van der Waals surface area contributed by atoms with Gasteiger partial charge in [-0.3, -0.25) is 14.3 Å². The SMILES string of the molecule is O=COCc1cc(C2CC2)cn2cc(Cn3cc(C(=O)CCc4ncn5ccc(Br)c(F)c45)cn3)nc12. The molecule has 5 heterocycles. The zero-order valence-corrected chi connectivity index (χ0v) is 21.3. The summed E-state index contributed by atoms with van der Waals surface area (Å²) < 4.78 is 25.1. The molecule has 0 aliphatic heterocycles. The lowest BCUT2D eigenvalue weighted by atomic mass is 10.1. The first-order valence-corrected chi connectivity index (χ1v) is 12.7. The van der Waals surface area contributed by atoms with Crippen LogP contribution in [0.25, 0.3) is 11.2 Å². The van der Waals surface area contributed by atoms with Crippen LogP contribution < -0.4 is 0 Å². The van der Waals surface area contributed by atoms with Gasteiger partial charge >= 0.3 is 0 Å². The third-order valence-electron chi connectivity index (χ3n) is 6.59. The molecule has 1 saturated carbocycles. The zero-order valence-electron chi connectivity index (χ0n) is 19.7. The number of Topliss-reactive ketones (excluding diaryl/α,β-unsaturated/α-hetero) is 1. The molecule has 0 saturated heterocycles. The van der Waals surface area contributed by atoms with Crippen LogP contribution in [0.2, 0.25) is 0 Å². The van der Waals surface area contributed by atoms with Crippen LogP contribution in [-0.2, 0) is 29.1 Å². The van der Waals surface area contributed by atoms with E-state index < -0.39 is 5.82 Å². The number of halogens is 2. The number of hydrogen-bond donors (Lipinski definition) is 0. The molecule has 0 radical (unpaired) electrons. The second-order valence-corrected chi connectivity index (χ2v) is 10.1. The van der Waals surface area contributed by atoms with Crippen molar-refractivity contribution in [1.82, 2.24) is 28.5 Å². The standard InChI is InChI=1S/C26H22BrFN6O3/c27-21-5-6-32-14-29-22(25(32)24(21)28)3-4-23(36)19-8-30-34(10-19)12-20-11-33-9-17(16-1-2-16)7-18(13-37-15-35)26(33)31-20/h5-11,14-16H,1-4,12-13H2. The highest BCUT2D eigenvalue weighted by atomic mass is 79.9. The maximum Gasteiger partial charge on any atom is 0.293 e. The summed E-state index contributed by atoms with van der Waals surface area (Å²) in [7, 11) is 0. The Balaban J connectivity index is 1.17. The van der Waals surface area contributed by atoms with Gasteiger partial charge in [-0.1, -0.05) is 0 Å². The van der Waals surface area contributed by atoms with Gasteiger partial charge in [0.2, 0.25) is 0 Å². The summed E-state index contributed by atoms with van der Waals surface area (Å²) >= 11 is 3.20. The highest BCUT2D eigenvalue weighted by Crippen LogP contribution is 2.40. The fraction of sp³-hybridized carbons (Fsp3) is 0.269. The Hall–Kier alpha value is -3.86. The van der Waals surface area contributed by atoms with Crippen molar-refractivity contribution in [2.75, 3.05) is 0 Å². The van der Waals surface area contributed by atoms with Gasteiger partial charge in [-0.15, -0.1) is 0 Å². The van der Waals surface area contributed by atoms with Crippen molar-refractivity contribution in [3.63, 3.8) is 0 Å². The minimum absolute atomic E-state index is 0.0971. The lowest BCUT2D eigenvalue weighted by Gasteiger charge is -2.06. The van der Waals surface area contributed by atoms with E-state index in [1.165, 1.54) is 11.8 Å². The fourth-order valence-corrected chi connectivity index (χ4v) is 4.90. The predicted octanol–water partition coefficient (Wildman–Crippen LogP) is 4.49. The first kappa shape index (κ1) is 23.5. The molecule has 1 aliphatic rings. The molecule has 188 valence electrons. The summed E-state index contributed by atoms with van der Waals surface area (Å²) in [4.78, 5) is 32.6. The van der Waals surface area contributed by atoms with Crippen molar-refractivity contribution in [3.8, 4) is 0 Å². The maximum atomic E-state index is 14.5. The van der Waals surface area contributed by atoms with Crippen molar-refractivity contribution in [3.05, 3.63) is 87.8 Å². The van der Waals surface area contributed by atoms with E-state index in [0.717, 1.165) is 29.7 Å². The highest BCUT2D eigenvalue weighted by molar-refractivity contribution is 9.10. The molecule has 1 aliphatic carbocycles. The Morgan fingerprint density at radius 3 is 2.92 bits per heavy atom. The fourth-order valence-electron chi connectivity index (χ4n) is 4.59. The maximum absolute atomic E-state index is 14.5. The molecule has 5 aromatic heterocycles. The molecule has 0 aromatic carbocycles. The molecule has 37 heavy (non-hydrogen) atoms. The summed E-state index contributed by atoms with van der Waals surface area (Å²) in [5.74, 6) is 0.0520. The van der Waals surface area contributed by atoms with Crippen molar-refractivity contribution in [1.29, 1.82) is 0 Å². The van der Waals surface area contributed by atoms with Crippen LogP contribution in [0, 0.1) is 5.82 Å².